The van der Waals surface area contributed by atoms with Crippen molar-refractivity contribution in [3.8, 4) is 11.5 Å². The van der Waals surface area contributed by atoms with Gasteiger partial charge >= 0.3 is 0 Å². The summed E-state index contributed by atoms with van der Waals surface area (Å²) in [5.41, 5.74) is 2.20. The largest absolute Gasteiger partial charge is 0.486 e. The summed E-state index contributed by atoms with van der Waals surface area (Å²) in [4.78, 5) is 3.21. The van der Waals surface area contributed by atoms with E-state index in [1.54, 1.807) is 12.1 Å². The molecule has 2 heterocycles. The average molecular weight is 339 g/mol. The first-order valence-corrected chi connectivity index (χ1v) is 8.93. The number of nitrogens with one attached hydrogen (secondary N) is 1. The fraction of sp³-hybridized carbons (Fsp3) is 0.333. The summed E-state index contributed by atoms with van der Waals surface area (Å²) in [6.45, 7) is 0.624. The minimum absolute atomic E-state index is 0.136. The molecule has 0 spiro atoms. The molecular formula is C21H22FNO2. The standard InChI is InChI=1S/C21H22FNO2/c22-16-10-11-19-18(12-16)15(13-23-19)6-2-1-3-7-17-14-24-20-8-4-5-9-21(20)25-17/h4-5,8-13,17,23H,1-3,6-7,14H2. The topological polar surface area (TPSA) is 34.2 Å². The number of aromatic nitrogens is 1. The Morgan fingerprint density at radius 1 is 1.04 bits per heavy atom. The zero-order valence-electron chi connectivity index (χ0n) is 14.1. The van der Waals surface area contributed by atoms with Crippen LogP contribution in [-0.2, 0) is 6.42 Å². The first kappa shape index (κ1) is 16.0. The van der Waals surface area contributed by atoms with E-state index in [-0.39, 0.29) is 11.9 Å². The summed E-state index contributed by atoms with van der Waals surface area (Å²) in [5.74, 6) is 1.51. The number of hydrogen-bond donors (Lipinski definition) is 1. The number of ether oxygens (including phenoxy) is 2. The predicted octanol–water partition coefficient (Wildman–Crippen LogP) is 5.25. The normalized spacial score (nSPS) is 16.3. The van der Waals surface area contributed by atoms with Crippen molar-refractivity contribution < 1.29 is 13.9 Å². The zero-order valence-corrected chi connectivity index (χ0v) is 14.1. The molecule has 1 atom stereocenters. The molecule has 0 bridgehead atoms. The van der Waals surface area contributed by atoms with E-state index in [0.29, 0.717) is 6.61 Å². The third-order valence-corrected chi connectivity index (χ3v) is 4.77. The molecule has 0 radical (unpaired) electrons. The van der Waals surface area contributed by atoms with Gasteiger partial charge in [-0.1, -0.05) is 18.6 Å². The average Bonchev–Trinajstić information content (AvgIpc) is 3.03. The lowest BCUT2D eigenvalue weighted by Crippen LogP contribution is -2.28. The lowest BCUT2D eigenvalue weighted by molar-refractivity contribution is 0.0829. The van der Waals surface area contributed by atoms with E-state index in [9.17, 15) is 4.39 Å². The van der Waals surface area contributed by atoms with Crippen molar-refractivity contribution in [3.63, 3.8) is 0 Å². The first-order valence-electron chi connectivity index (χ1n) is 8.93. The third-order valence-electron chi connectivity index (χ3n) is 4.77. The number of halogens is 1. The molecule has 1 aliphatic rings. The van der Waals surface area contributed by atoms with Gasteiger partial charge in [0.15, 0.2) is 11.5 Å². The maximum Gasteiger partial charge on any atom is 0.161 e. The lowest BCUT2D eigenvalue weighted by Gasteiger charge is -2.26. The molecule has 1 unspecified atom stereocenters. The summed E-state index contributed by atoms with van der Waals surface area (Å²) in [7, 11) is 0. The van der Waals surface area contributed by atoms with Crippen LogP contribution in [0.5, 0.6) is 11.5 Å². The van der Waals surface area contributed by atoms with Crippen LogP contribution in [0.25, 0.3) is 10.9 Å². The molecule has 1 aliphatic heterocycles. The minimum atomic E-state index is -0.178. The highest BCUT2D eigenvalue weighted by atomic mass is 19.1. The molecule has 3 nitrogen and oxygen atoms in total. The van der Waals surface area contributed by atoms with Crippen LogP contribution in [0.1, 0.15) is 31.2 Å². The van der Waals surface area contributed by atoms with E-state index in [1.807, 2.05) is 30.5 Å². The van der Waals surface area contributed by atoms with Crippen molar-refractivity contribution in [2.45, 2.75) is 38.2 Å². The summed E-state index contributed by atoms with van der Waals surface area (Å²) >= 11 is 0. The van der Waals surface area contributed by atoms with Gasteiger partial charge in [0.1, 0.15) is 18.5 Å². The molecule has 1 N–H and O–H groups in total. The van der Waals surface area contributed by atoms with Crippen molar-refractivity contribution in [3.05, 3.63) is 60.0 Å². The number of hydrogen-bond acceptors (Lipinski definition) is 2. The molecule has 25 heavy (non-hydrogen) atoms. The summed E-state index contributed by atoms with van der Waals surface area (Å²) in [6, 6.07) is 12.7. The van der Waals surface area contributed by atoms with Crippen molar-refractivity contribution in [2.75, 3.05) is 6.61 Å². The van der Waals surface area contributed by atoms with Crippen LogP contribution < -0.4 is 9.47 Å². The quantitative estimate of drug-likeness (QED) is 0.622. The number of rotatable bonds is 6. The number of para-hydroxylation sites is 2. The third kappa shape index (κ3) is 3.63. The number of benzene rings is 2. The van der Waals surface area contributed by atoms with Gasteiger partial charge in [0.05, 0.1) is 0 Å². The Balaban J connectivity index is 1.23. The Morgan fingerprint density at radius 3 is 2.84 bits per heavy atom. The van der Waals surface area contributed by atoms with Crippen molar-refractivity contribution in [2.24, 2.45) is 0 Å². The Labute approximate surface area is 146 Å². The Morgan fingerprint density at radius 2 is 1.92 bits per heavy atom. The van der Waals surface area contributed by atoms with Crippen LogP contribution in [0.2, 0.25) is 0 Å². The van der Waals surface area contributed by atoms with Crippen LogP contribution in [0, 0.1) is 5.82 Å². The number of aryl methyl sites for hydroxylation is 1. The van der Waals surface area contributed by atoms with Gasteiger partial charge in [0, 0.05) is 17.1 Å². The highest BCUT2D eigenvalue weighted by Gasteiger charge is 2.19. The van der Waals surface area contributed by atoms with Crippen LogP contribution >= 0.6 is 0 Å². The van der Waals surface area contributed by atoms with Gasteiger partial charge in [-0.2, -0.15) is 0 Å². The molecule has 130 valence electrons. The minimum Gasteiger partial charge on any atom is -0.486 e. The predicted molar refractivity (Wildman–Crippen MR) is 96.8 cm³/mol. The molecule has 4 heteroatoms. The van der Waals surface area contributed by atoms with Crippen LogP contribution in [0.4, 0.5) is 4.39 Å². The fourth-order valence-corrected chi connectivity index (χ4v) is 3.43. The Bertz CT molecular complexity index is 858. The second-order valence-electron chi connectivity index (χ2n) is 6.60. The van der Waals surface area contributed by atoms with Crippen molar-refractivity contribution >= 4 is 10.9 Å². The molecular weight excluding hydrogens is 317 g/mol. The molecule has 2 aromatic carbocycles. The number of aromatic amines is 1. The van der Waals surface area contributed by atoms with E-state index in [4.69, 9.17) is 9.47 Å². The first-order chi connectivity index (χ1) is 12.3. The zero-order chi connectivity index (χ0) is 17.1. The van der Waals surface area contributed by atoms with Gasteiger partial charge in [0.2, 0.25) is 0 Å². The molecule has 0 saturated heterocycles. The van der Waals surface area contributed by atoms with Crippen molar-refractivity contribution in [1.82, 2.24) is 4.98 Å². The molecule has 0 saturated carbocycles. The SMILES string of the molecule is Fc1ccc2[nH]cc(CCCCCC3COc4ccccc4O3)c2c1. The molecule has 0 aliphatic carbocycles. The Hall–Kier alpha value is -2.49. The number of fused-ring (bicyclic) bond motifs is 2. The van der Waals surface area contributed by atoms with E-state index < -0.39 is 0 Å². The maximum atomic E-state index is 13.4. The highest BCUT2D eigenvalue weighted by molar-refractivity contribution is 5.83. The number of H-pyrrole nitrogens is 1. The molecule has 0 amide bonds. The van der Waals surface area contributed by atoms with Crippen LogP contribution in [0.15, 0.2) is 48.7 Å². The van der Waals surface area contributed by atoms with E-state index >= 15 is 0 Å². The van der Waals surface area contributed by atoms with Crippen LogP contribution in [0.3, 0.4) is 0 Å². The summed E-state index contributed by atoms with van der Waals surface area (Å²) in [6.07, 6.45) is 7.42. The molecule has 4 rings (SSSR count). The molecule has 0 fully saturated rings. The molecule has 3 aromatic rings. The Kier molecular flexibility index (Phi) is 4.59. The van der Waals surface area contributed by atoms with E-state index in [2.05, 4.69) is 4.98 Å². The fourth-order valence-electron chi connectivity index (χ4n) is 3.43. The maximum absolute atomic E-state index is 13.4. The van der Waals surface area contributed by atoms with Gasteiger partial charge in [-0.25, -0.2) is 4.39 Å². The smallest absolute Gasteiger partial charge is 0.161 e. The van der Waals surface area contributed by atoms with Gasteiger partial charge in [0.25, 0.3) is 0 Å². The summed E-state index contributed by atoms with van der Waals surface area (Å²) in [5, 5.41) is 1.00. The second-order valence-corrected chi connectivity index (χ2v) is 6.60. The van der Waals surface area contributed by atoms with E-state index in [1.165, 1.54) is 11.6 Å². The van der Waals surface area contributed by atoms with Gasteiger partial charge in [-0.15, -0.1) is 0 Å². The van der Waals surface area contributed by atoms with Gasteiger partial charge in [-0.3, -0.25) is 0 Å². The van der Waals surface area contributed by atoms with Gasteiger partial charge in [-0.05, 0) is 61.6 Å². The summed E-state index contributed by atoms with van der Waals surface area (Å²) < 4.78 is 25.1. The number of unbranched alkanes of at least 4 members (excludes halogenated alkanes) is 2. The van der Waals surface area contributed by atoms with Crippen LogP contribution in [-0.4, -0.2) is 17.7 Å². The highest BCUT2D eigenvalue weighted by Crippen LogP contribution is 2.32. The van der Waals surface area contributed by atoms with Gasteiger partial charge < -0.3 is 14.5 Å². The lowest BCUT2D eigenvalue weighted by atomic mass is 10.0. The van der Waals surface area contributed by atoms with E-state index in [0.717, 1.165) is 54.5 Å². The second kappa shape index (κ2) is 7.18. The molecule has 1 aromatic heterocycles. The monoisotopic (exact) mass is 339 g/mol. The van der Waals surface area contributed by atoms with Crippen molar-refractivity contribution in [1.29, 1.82) is 0 Å².